The molecule has 1 unspecified atom stereocenters. The molecule has 1 atom stereocenters. The van der Waals surface area contributed by atoms with Gasteiger partial charge in [0.25, 0.3) is 0 Å². The number of hydrogen-bond acceptors (Lipinski definition) is 4. The van der Waals surface area contributed by atoms with E-state index in [0.717, 1.165) is 18.2 Å². The van der Waals surface area contributed by atoms with Crippen molar-refractivity contribution in [2.75, 3.05) is 32.8 Å². The topological polar surface area (TPSA) is 26.7 Å². The largest absolute Gasteiger partial charge is 0.395 e. The number of likely N-dealkylation sites (tertiary alicyclic amines) is 2. The third-order valence-electron chi connectivity index (χ3n) is 4.41. The van der Waals surface area contributed by atoms with Crippen LogP contribution in [0.4, 0.5) is 0 Å². The van der Waals surface area contributed by atoms with Crippen LogP contribution in [0.5, 0.6) is 0 Å². The molecule has 0 aliphatic carbocycles. The van der Waals surface area contributed by atoms with E-state index in [-0.39, 0.29) is 6.61 Å². The summed E-state index contributed by atoms with van der Waals surface area (Å²) in [5, 5.41) is 10.9. The van der Waals surface area contributed by atoms with Crippen LogP contribution >= 0.6 is 11.3 Å². The van der Waals surface area contributed by atoms with Crippen LogP contribution in [0.25, 0.3) is 0 Å². The lowest BCUT2D eigenvalue weighted by atomic mass is 10.2. The van der Waals surface area contributed by atoms with E-state index < -0.39 is 0 Å². The Bertz CT molecular complexity index is 510. The molecule has 0 radical (unpaired) electrons. The summed E-state index contributed by atoms with van der Waals surface area (Å²) in [5.41, 5.74) is 1.10. The second-order valence-electron chi connectivity index (χ2n) is 6.00. The van der Waals surface area contributed by atoms with E-state index in [1.807, 2.05) is 11.3 Å². The molecule has 1 N–H and O–H groups in total. The van der Waals surface area contributed by atoms with Gasteiger partial charge in [0, 0.05) is 47.9 Å². The van der Waals surface area contributed by atoms with Crippen molar-refractivity contribution in [3.05, 3.63) is 21.9 Å². The van der Waals surface area contributed by atoms with Gasteiger partial charge in [-0.1, -0.05) is 11.8 Å². The Morgan fingerprint density at radius 1 is 1.29 bits per heavy atom. The molecule has 114 valence electrons. The lowest BCUT2D eigenvalue weighted by molar-refractivity contribution is 0.230. The van der Waals surface area contributed by atoms with Gasteiger partial charge in [0.2, 0.25) is 0 Å². The Balaban J connectivity index is 1.50. The van der Waals surface area contributed by atoms with Crippen LogP contribution in [0, 0.1) is 11.8 Å². The van der Waals surface area contributed by atoms with Crippen molar-refractivity contribution in [2.24, 2.45) is 0 Å². The first-order chi connectivity index (χ1) is 10.3. The fourth-order valence-electron chi connectivity index (χ4n) is 3.33. The number of nitrogens with zero attached hydrogens (tertiary/aromatic N) is 2. The standard InChI is InChI=1S/C17H24N2OS/c20-10-4-1-5-15-11-17(21-14-15)13-18-9-6-16(12-18)19-7-2-3-8-19/h11,14,16,20H,2-4,6-10,12-13H2. The van der Waals surface area contributed by atoms with Crippen molar-refractivity contribution in [2.45, 2.75) is 38.3 Å². The lowest BCUT2D eigenvalue weighted by Crippen LogP contribution is -2.35. The predicted octanol–water partition coefficient (Wildman–Crippen LogP) is 2.15. The van der Waals surface area contributed by atoms with E-state index in [4.69, 9.17) is 5.11 Å². The van der Waals surface area contributed by atoms with E-state index in [9.17, 15) is 0 Å². The molecule has 0 spiro atoms. The van der Waals surface area contributed by atoms with Crippen LogP contribution in [0.2, 0.25) is 0 Å². The van der Waals surface area contributed by atoms with E-state index in [0.29, 0.717) is 6.42 Å². The summed E-state index contributed by atoms with van der Waals surface area (Å²) in [7, 11) is 0. The average molecular weight is 304 g/mol. The van der Waals surface area contributed by atoms with Gasteiger partial charge in [-0.25, -0.2) is 0 Å². The molecule has 4 heteroatoms. The molecule has 0 bridgehead atoms. The zero-order chi connectivity index (χ0) is 14.5. The van der Waals surface area contributed by atoms with Crippen molar-refractivity contribution >= 4 is 11.3 Å². The summed E-state index contributed by atoms with van der Waals surface area (Å²) in [4.78, 5) is 6.67. The number of aliphatic hydroxyl groups excluding tert-OH is 1. The molecule has 2 saturated heterocycles. The Morgan fingerprint density at radius 2 is 2.14 bits per heavy atom. The highest BCUT2D eigenvalue weighted by molar-refractivity contribution is 7.10. The van der Waals surface area contributed by atoms with Gasteiger partial charge in [-0.15, -0.1) is 11.3 Å². The van der Waals surface area contributed by atoms with Gasteiger partial charge >= 0.3 is 0 Å². The molecule has 21 heavy (non-hydrogen) atoms. The van der Waals surface area contributed by atoms with Crippen molar-refractivity contribution in [1.29, 1.82) is 0 Å². The quantitative estimate of drug-likeness (QED) is 0.864. The third-order valence-corrected chi connectivity index (χ3v) is 5.33. The Hall–Kier alpha value is -0.860. The molecule has 0 saturated carbocycles. The zero-order valence-electron chi connectivity index (χ0n) is 12.6. The van der Waals surface area contributed by atoms with Crippen molar-refractivity contribution in [3.63, 3.8) is 0 Å². The van der Waals surface area contributed by atoms with Crippen LogP contribution in [-0.2, 0) is 6.54 Å². The van der Waals surface area contributed by atoms with E-state index >= 15 is 0 Å². The Morgan fingerprint density at radius 3 is 2.95 bits per heavy atom. The molecular formula is C17H24N2OS. The SMILES string of the molecule is OCCC#Cc1csc(CN2CCC(N3CCCC3)C2)c1. The van der Waals surface area contributed by atoms with Crippen molar-refractivity contribution < 1.29 is 5.11 Å². The van der Waals surface area contributed by atoms with E-state index in [1.54, 1.807) is 0 Å². The van der Waals surface area contributed by atoms with Gasteiger partial charge < -0.3 is 5.11 Å². The second-order valence-corrected chi connectivity index (χ2v) is 6.99. The van der Waals surface area contributed by atoms with Crippen molar-refractivity contribution in [1.82, 2.24) is 9.80 Å². The van der Waals surface area contributed by atoms with Gasteiger partial charge in [0.15, 0.2) is 0 Å². The summed E-state index contributed by atoms with van der Waals surface area (Å²) >= 11 is 1.81. The summed E-state index contributed by atoms with van der Waals surface area (Å²) < 4.78 is 0. The molecule has 0 aromatic carbocycles. The predicted molar refractivity (Wildman–Crippen MR) is 87.4 cm³/mol. The minimum absolute atomic E-state index is 0.148. The van der Waals surface area contributed by atoms with Gasteiger partial charge in [0.1, 0.15) is 0 Å². The normalized spacial score (nSPS) is 23.4. The van der Waals surface area contributed by atoms with Crippen LogP contribution < -0.4 is 0 Å². The third kappa shape index (κ3) is 4.08. The lowest BCUT2D eigenvalue weighted by Gasteiger charge is -2.23. The number of rotatable bonds is 4. The van der Waals surface area contributed by atoms with Gasteiger partial charge in [0.05, 0.1) is 6.61 Å². The highest BCUT2D eigenvalue weighted by Gasteiger charge is 2.29. The monoisotopic (exact) mass is 304 g/mol. The fraction of sp³-hybridized carbons (Fsp3) is 0.647. The van der Waals surface area contributed by atoms with Crippen LogP contribution in [0.3, 0.4) is 0 Å². The molecule has 1 aromatic rings. The molecule has 0 amide bonds. The molecule has 2 fully saturated rings. The molecule has 2 aliphatic rings. The van der Waals surface area contributed by atoms with E-state index in [2.05, 4.69) is 33.1 Å². The molecule has 3 heterocycles. The summed E-state index contributed by atoms with van der Waals surface area (Å²) in [5.74, 6) is 6.11. The maximum Gasteiger partial charge on any atom is 0.0540 e. The Labute approximate surface area is 131 Å². The van der Waals surface area contributed by atoms with Crippen molar-refractivity contribution in [3.8, 4) is 11.8 Å². The number of aliphatic hydroxyl groups is 1. The van der Waals surface area contributed by atoms with Crippen LogP contribution in [0.1, 0.15) is 36.1 Å². The summed E-state index contributed by atoms with van der Waals surface area (Å²) in [6.45, 7) is 6.28. The molecule has 3 nitrogen and oxygen atoms in total. The highest BCUT2D eigenvalue weighted by Crippen LogP contribution is 2.23. The van der Waals surface area contributed by atoms with Crippen LogP contribution in [0.15, 0.2) is 11.4 Å². The first-order valence-corrected chi connectivity index (χ1v) is 8.86. The second kappa shape index (κ2) is 7.42. The molecular weight excluding hydrogens is 280 g/mol. The highest BCUT2D eigenvalue weighted by atomic mass is 32.1. The van der Waals surface area contributed by atoms with Gasteiger partial charge in [-0.05, 0) is 38.4 Å². The minimum atomic E-state index is 0.148. The smallest absolute Gasteiger partial charge is 0.0540 e. The fourth-order valence-corrected chi connectivity index (χ4v) is 4.19. The van der Waals surface area contributed by atoms with E-state index in [1.165, 1.54) is 50.3 Å². The molecule has 2 aliphatic heterocycles. The average Bonchev–Trinajstić information content (AvgIpc) is 3.20. The minimum Gasteiger partial charge on any atom is -0.395 e. The molecule has 3 rings (SSSR count). The van der Waals surface area contributed by atoms with Gasteiger partial charge in [-0.3, -0.25) is 9.80 Å². The maximum absolute atomic E-state index is 8.74. The zero-order valence-corrected chi connectivity index (χ0v) is 13.4. The summed E-state index contributed by atoms with van der Waals surface area (Å²) in [6.07, 6.45) is 4.66. The molecule has 1 aromatic heterocycles. The first kappa shape index (κ1) is 15.1. The first-order valence-electron chi connectivity index (χ1n) is 7.99. The number of hydrogen-bond donors (Lipinski definition) is 1. The van der Waals surface area contributed by atoms with Crippen LogP contribution in [-0.4, -0.2) is 53.7 Å². The number of thiophene rings is 1. The maximum atomic E-state index is 8.74. The Kier molecular flexibility index (Phi) is 5.32. The summed E-state index contributed by atoms with van der Waals surface area (Å²) in [6, 6.07) is 2.99. The van der Waals surface area contributed by atoms with Gasteiger partial charge in [-0.2, -0.15) is 0 Å².